The summed E-state index contributed by atoms with van der Waals surface area (Å²) in [6, 6.07) is 0. The van der Waals surface area contributed by atoms with E-state index < -0.39 is 17.2 Å². The van der Waals surface area contributed by atoms with Gasteiger partial charge in [-0.2, -0.15) is 4.21 Å². The lowest BCUT2D eigenvalue weighted by Gasteiger charge is -2.14. The summed E-state index contributed by atoms with van der Waals surface area (Å²) >= 11 is -2.39. The molecule has 0 amide bonds. The second-order valence-corrected chi connectivity index (χ2v) is 2.09. The zero-order valence-corrected chi connectivity index (χ0v) is 5.14. The van der Waals surface area contributed by atoms with Gasteiger partial charge in [0.25, 0.3) is 0 Å². The van der Waals surface area contributed by atoms with Crippen LogP contribution < -0.4 is 11.5 Å². The average molecular weight is 140 g/mol. The Labute approximate surface area is 49.5 Å². The van der Waals surface area contributed by atoms with Crippen LogP contribution in [-0.2, 0) is 15.5 Å². The van der Waals surface area contributed by atoms with E-state index in [2.05, 4.69) is 4.18 Å². The van der Waals surface area contributed by atoms with E-state index >= 15 is 0 Å². The SMILES string of the molecule is CC(N)(N)OS(=O)O. The quantitative estimate of drug-likeness (QED) is 0.328. The Morgan fingerprint density at radius 1 is 1.75 bits per heavy atom. The molecule has 0 aromatic carbocycles. The maximum Gasteiger partial charge on any atom is 0.304 e. The van der Waals surface area contributed by atoms with E-state index in [0.717, 1.165) is 0 Å². The maximum absolute atomic E-state index is 9.74. The van der Waals surface area contributed by atoms with Crippen molar-refractivity contribution in [3.8, 4) is 0 Å². The zero-order chi connectivity index (χ0) is 6.78. The van der Waals surface area contributed by atoms with Gasteiger partial charge in [0, 0.05) is 0 Å². The minimum atomic E-state index is -2.39. The predicted octanol–water partition coefficient (Wildman–Crippen LogP) is -1.27. The van der Waals surface area contributed by atoms with E-state index in [9.17, 15) is 4.21 Å². The van der Waals surface area contributed by atoms with Crippen LogP contribution in [0.1, 0.15) is 6.92 Å². The first-order valence-electron chi connectivity index (χ1n) is 1.80. The fraction of sp³-hybridized carbons (Fsp3) is 1.00. The molecule has 5 N–H and O–H groups in total. The van der Waals surface area contributed by atoms with Crippen molar-refractivity contribution in [1.29, 1.82) is 0 Å². The summed E-state index contributed by atoms with van der Waals surface area (Å²) in [5.41, 5.74) is 9.88. The van der Waals surface area contributed by atoms with Gasteiger partial charge in [0.2, 0.25) is 0 Å². The Bertz CT molecular complexity index is 97.9. The Hall–Kier alpha value is -0.0100. The Balaban J connectivity index is 3.55. The minimum Gasteiger partial charge on any atom is -0.290 e. The molecule has 0 saturated heterocycles. The molecule has 0 bridgehead atoms. The molecule has 0 aliphatic heterocycles. The van der Waals surface area contributed by atoms with Crippen molar-refractivity contribution in [3.63, 3.8) is 0 Å². The van der Waals surface area contributed by atoms with Crippen molar-refractivity contribution < 1.29 is 12.9 Å². The van der Waals surface area contributed by atoms with Crippen molar-refractivity contribution in [1.82, 2.24) is 0 Å². The van der Waals surface area contributed by atoms with Crippen LogP contribution >= 0.6 is 0 Å². The smallest absolute Gasteiger partial charge is 0.290 e. The molecule has 50 valence electrons. The van der Waals surface area contributed by atoms with Crippen molar-refractivity contribution in [3.05, 3.63) is 0 Å². The van der Waals surface area contributed by atoms with Gasteiger partial charge in [-0.3, -0.25) is 16.0 Å². The van der Waals surface area contributed by atoms with Crippen LogP contribution in [0, 0.1) is 0 Å². The summed E-state index contributed by atoms with van der Waals surface area (Å²) in [5.74, 6) is -1.53. The van der Waals surface area contributed by atoms with Crippen molar-refractivity contribution >= 4 is 11.4 Å². The van der Waals surface area contributed by atoms with Crippen LogP contribution in [-0.4, -0.2) is 14.6 Å². The number of rotatable bonds is 2. The van der Waals surface area contributed by atoms with Crippen molar-refractivity contribution in [2.45, 2.75) is 12.8 Å². The summed E-state index contributed by atoms with van der Waals surface area (Å²) in [6.45, 7) is 1.27. The number of hydrogen-bond donors (Lipinski definition) is 3. The summed E-state index contributed by atoms with van der Waals surface area (Å²) in [5, 5.41) is 0. The van der Waals surface area contributed by atoms with Crippen molar-refractivity contribution in [2.24, 2.45) is 11.5 Å². The fourth-order valence-electron chi connectivity index (χ4n) is 0.154. The van der Waals surface area contributed by atoms with Crippen LogP contribution in [0.15, 0.2) is 0 Å². The average Bonchev–Trinajstić information content (AvgIpc) is 1.21. The summed E-state index contributed by atoms with van der Waals surface area (Å²) in [7, 11) is 0. The second kappa shape index (κ2) is 2.51. The predicted molar refractivity (Wildman–Crippen MR) is 28.6 cm³/mol. The minimum absolute atomic E-state index is 1.27. The molecule has 0 heterocycles. The molecule has 0 rings (SSSR count). The van der Waals surface area contributed by atoms with Crippen LogP contribution in [0.5, 0.6) is 0 Å². The first kappa shape index (κ1) is 7.99. The molecule has 0 aliphatic rings. The third-order valence-corrected chi connectivity index (χ3v) is 0.753. The molecule has 1 unspecified atom stereocenters. The summed E-state index contributed by atoms with van der Waals surface area (Å²) in [4.78, 5) is 0. The van der Waals surface area contributed by atoms with Gasteiger partial charge in [0.05, 0.1) is 0 Å². The van der Waals surface area contributed by atoms with Gasteiger partial charge in [-0.15, -0.1) is 0 Å². The molecule has 6 heteroatoms. The van der Waals surface area contributed by atoms with Crippen LogP contribution in [0.2, 0.25) is 0 Å². The molecule has 1 atom stereocenters. The highest BCUT2D eigenvalue weighted by Gasteiger charge is 2.14. The highest BCUT2D eigenvalue weighted by Crippen LogP contribution is 1.91. The third kappa shape index (κ3) is 5.99. The largest absolute Gasteiger partial charge is 0.304 e. The molecule has 5 nitrogen and oxygen atoms in total. The van der Waals surface area contributed by atoms with Gasteiger partial charge in [0.15, 0.2) is 5.85 Å². The molecule has 0 aliphatic carbocycles. The van der Waals surface area contributed by atoms with E-state index in [1.165, 1.54) is 6.92 Å². The fourth-order valence-corrected chi connectivity index (χ4v) is 0.461. The molecule has 0 spiro atoms. The Kier molecular flexibility index (Phi) is 2.51. The van der Waals surface area contributed by atoms with Gasteiger partial charge in [0.1, 0.15) is 0 Å². The van der Waals surface area contributed by atoms with Crippen molar-refractivity contribution in [2.75, 3.05) is 0 Å². The normalized spacial score (nSPS) is 16.0. The van der Waals surface area contributed by atoms with E-state index in [1.807, 2.05) is 0 Å². The van der Waals surface area contributed by atoms with Gasteiger partial charge < -0.3 is 0 Å². The number of hydrogen-bond acceptors (Lipinski definition) is 4. The topological polar surface area (TPSA) is 98.6 Å². The molecule has 0 radical (unpaired) electrons. The van der Waals surface area contributed by atoms with E-state index in [1.54, 1.807) is 0 Å². The van der Waals surface area contributed by atoms with E-state index in [4.69, 9.17) is 16.0 Å². The lowest BCUT2D eigenvalue weighted by Crippen LogP contribution is -2.48. The van der Waals surface area contributed by atoms with E-state index in [-0.39, 0.29) is 0 Å². The molecule has 0 aromatic heterocycles. The van der Waals surface area contributed by atoms with Crippen LogP contribution in [0.3, 0.4) is 0 Å². The maximum atomic E-state index is 9.74. The second-order valence-electron chi connectivity index (χ2n) is 1.48. The first-order chi connectivity index (χ1) is 3.42. The van der Waals surface area contributed by atoms with Gasteiger partial charge in [-0.1, -0.05) is 0 Å². The molecular formula is C2H8N2O3S. The molecule has 0 fully saturated rings. The third-order valence-electron chi connectivity index (χ3n) is 0.251. The zero-order valence-electron chi connectivity index (χ0n) is 4.33. The van der Waals surface area contributed by atoms with Gasteiger partial charge >= 0.3 is 11.4 Å². The lowest BCUT2D eigenvalue weighted by molar-refractivity contribution is 0.109. The summed E-state index contributed by atoms with van der Waals surface area (Å²) in [6.07, 6.45) is 0. The van der Waals surface area contributed by atoms with Crippen LogP contribution in [0.4, 0.5) is 0 Å². The standard InChI is InChI=1S/C2H8N2O3S/c1-2(3,4)7-8(5)6/h3-4H2,1H3,(H,5,6). The molecule has 0 saturated carbocycles. The highest BCUT2D eigenvalue weighted by atomic mass is 32.2. The molecular weight excluding hydrogens is 132 g/mol. The molecule has 0 aromatic rings. The molecule has 8 heavy (non-hydrogen) atoms. The highest BCUT2D eigenvalue weighted by molar-refractivity contribution is 7.74. The van der Waals surface area contributed by atoms with E-state index in [0.29, 0.717) is 0 Å². The Morgan fingerprint density at radius 2 is 2.12 bits per heavy atom. The number of nitrogens with two attached hydrogens (primary N) is 2. The Morgan fingerprint density at radius 3 is 2.12 bits per heavy atom. The van der Waals surface area contributed by atoms with Gasteiger partial charge in [-0.05, 0) is 6.92 Å². The van der Waals surface area contributed by atoms with Gasteiger partial charge in [-0.25, -0.2) is 4.18 Å². The van der Waals surface area contributed by atoms with Crippen LogP contribution in [0.25, 0.3) is 0 Å². The monoisotopic (exact) mass is 140 g/mol. The summed E-state index contributed by atoms with van der Waals surface area (Å²) < 4.78 is 21.7. The first-order valence-corrected chi connectivity index (χ1v) is 2.83. The lowest BCUT2D eigenvalue weighted by atomic mass is 10.6.